The van der Waals surface area contributed by atoms with Crippen LogP contribution >= 0.6 is 11.6 Å². The van der Waals surface area contributed by atoms with Crippen LogP contribution in [-0.4, -0.2) is 24.3 Å². The van der Waals surface area contributed by atoms with Crippen LogP contribution in [0.5, 0.6) is 0 Å². The Hall–Kier alpha value is -0.570. The number of aliphatic hydroxyl groups is 1. The molecule has 1 rings (SSSR count). The Bertz CT molecular complexity index is 352. The highest BCUT2D eigenvalue weighted by Gasteiger charge is 2.08. The minimum Gasteiger partial charge on any atom is -0.391 e. The molecular formula is C14H22ClNO. The van der Waals surface area contributed by atoms with Crippen molar-refractivity contribution in [3.05, 3.63) is 34.3 Å². The van der Waals surface area contributed by atoms with E-state index in [0.717, 1.165) is 22.7 Å². The van der Waals surface area contributed by atoms with Gasteiger partial charge in [-0.15, -0.1) is 0 Å². The second-order valence-corrected chi connectivity index (χ2v) is 5.41. The van der Waals surface area contributed by atoms with Crippen molar-refractivity contribution in [2.45, 2.75) is 33.3 Å². The first kappa shape index (κ1) is 14.5. The van der Waals surface area contributed by atoms with Gasteiger partial charge in [0.1, 0.15) is 0 Å². The van der Waals surface area contributed by atoms with Gasteiger partial charge in [-0.3, -0.25) is 0 Å². The summed E-state index contributed by atoms with van der Waals surface area (Å²) in [6.07, 6.45) is 0.221. The van der Waals surface area contributed by atoms with Crippen molar-refractivity contribution in [1.82, 2.24) is 5.32 Å². The van der Waals surface area contributed by atoms with Crippen LogP contribution in [0, 0.1) is 12.8 Å². The number of hydrogen-bond donors (Lipinski definition) is 2. The summed E-state index contributed by atoms with van der Waals surface area (Å²) < 4.78 is 0. The van der Waals surface area contributed by atoms with Crippen LogP contribution in [0.25, 0.3) is 0 Å². The molecular weight excluding hydrogens is 234 g/mol. The molecule has 1 aromatic carbocycles. The standard InChI is InChI=1S/C14H22ClNO/c1-10(2)8-16-9-13(17)7-12-5-4-11(3)6-14(12)15/h4-6,10,13,16-17H,7-9H2,1-3H3. The smallest absolute Gasteiger partial charge is 0.0705 e. The van der Waals surface area contributed by atoms with E-state index in [1.54, 1.807) is 0 Å². The van der Waals surface area contributed by atoms with Gasteiger partial charge in [0, 0.05) is 18.0 Å². The SMILES string of the molecule is Cc1ccc(CC(O)CNCC(C)C)c(Cl)c1. The molecule has 0 aliphatic heterocycles. The van der Waals surface area contributed by atoms with Crippen molar-refractivity contribution < 1.29 is 5.11 Å². The lowest BCUT2D eigenvalue weighted by molar-refractivity contribution is 0.170. The van der Waals surface area contributed by atoms with E-state index >= 15 is 0 Å². The van der Waals surface area contributed by atoms with Gasteiger partial charge in [-0.2, -0.15) is 0 Å². The lowest BCUT2D eigenvalue weighted by atomic mass is 10.1. The summed E-state index contributed by atoms with van der Waals surface area (Å²) >= 11 is 6.13. The largest absolute Gasteiger partial charge is 0.391 e. The monoisotopic (exact) mass is 255 g/mol. The first-order valence-electron chi connectivity index (χ1n) is 6.13. The molecule has 0 spiro atoms. The zero-order valence-corrected chi connectivity index (χ0v) is 11.6. The van der Waals surface area contributed by atoms with Crippen LogP contribution in [0.15, 0.2) is 18.2 Å². The summed E-state index contributed by atoms with van der Waals surface area (Å²) in [4.78, 5) is 0. The van der Waals surface area contributed by atoms with Gasteiger partial charge < -0.3 is 10.4 Å². The average Bonchev–Trinajstić information content (AvgIpc) is 2.21. The minimum atomic E-state index is -0.381. The zero-order valence-electron chi connectivity index (χ0n) is 10.8. The van der Waals surface area contributed by atoms with Crippen LogP contribution < -0.4 is 5.32 Å². The number of rotatable bonds is 6. The molecule has 0 aromatic heterocycles. The highest BCUT2D eigenvalue weighted by atomic mass is 35.5. The van der Waals surface area contributed by atoms with E-state index in [-0.39, 0.29) is 6.10 Å². The van der Waals surface area contributed by atoms with E-state index in [9.17, 15) is 5.11 Å². The van der Waals surface area contributed by atoms with Crippen molar-refractivity contribution >= 4 is 11.6 Å². The number of aliphatic hydroxyl groups excluding tert-OH is 1. The van der Waals surface area contributed by atoms with Crippen molar-refractivity contribution in [3.63, 3.8) is 0 Å². The number of hydrogen-bond acceptors (Lipinski definition) is 2. The molecule has 0 amide bonds. The van der Waals surface area contributed by atoms with Gasteiger partial charge in [0.15, 0.2) is 0 Å². The van der Waals surface area contributed by atoms with Gasteiger partial charge in [-0.1, -0.05) is 37.6 Å². The number of benzene rings is 1. The quantitative estimate of drug-likeness (QED) is 0.819. The van der Waals surface area contributed by atoms with Crippen LogP contribution in [0.3, 0.4) is 0 Å². The Kier molecular flexibility index (Phi) is 5.96. The van der Waals surface area contributed by atoms with E-state index in [0.29, 0.717) is 18.9 Å². The maximum absolute atomic E-state index is 9.89. The van der Waals surface area contributed by atoms with E-state index in [4.69, 9.17) is 11.6 Å². The molecule has 17 heavy (non-hydrogen) atoms. The molecule has 0 fully saturated rings. The van der Waals surface area contributed by atoms with Crippen LogP contribution in [0.1, 0.15) is 25.0 Å². The first-order chi connectivity index (χ1) is 7.99. The Morgan fingerprint density at radius 3 is 2.59 bits per heavy atom. The fourth-order valence-corrected chi connectivity index (χ4v) is 1.99. The zero-order chi connectivity index (χ0) is 12.8. The second kappa shape index (κ2) is 7.00. The Balaban J connectivity index is 2.42. The molecule has 0 radical (unpaired) electrons. The normalized spacial score (nSPS) is 13.1. The summed E-state index contributed by atoms with van der Waals surface area (Å²) in [5.74, 6) is 0.602. The molecule has 0 saturated heterocycles. The third-order valence-corrected chi connectivity index (χ3v) is 2.95. The van der Waals surface area contributed by atoms with E-state index in [1.165, 1.54) is 0 Å². The predicted octanol–water partition coefficient (Wildman–Crippen LogP) is 2.80. The Labute approximate surface area is 109 Å². The highest BCUT2D eigenvalue weighted by Crippen LogP contribution is 2.18. The van der Waals surface area contributed by atoms with Gasteiger partial charge in [-0.05, 0) is 36.6 Å². The Morgan fingerprint density at radius 2 is 2.00 bits per heavy atom. The van der Waals surface area contributed by atoms with Gasteiger partial charge >= 0.3 is 0 Å². The average molecular weight is 256 g/mol. The molecule has 0 saturated carbocycles. The third kappa shape index (κ3) is 5.53. The summed E-state index contributed by atoms with van der Waals surface area (Å²) in [5, 5.41) is 13.9. The van der Waals surface area contributed by atoms with Crippen LogP contribution in [0.4, 0.5) is 0 Å². The van der Waals surface area contributed by atoms with Crippen molar-refractivity contribution in [3.8, 4) is 0 Å². The lowest BCUT2D eigenvalue weighted by Crippen LogP contribution is -2.30. The molecule has 0 aliphatic carbocycles. The van der Waals surface area contributed by atoms with E-state index in [2.05, 4.69) is 19.2 Å². The van der Waals surface area contributed by atoms with Crippen molar-refractivity contribution in [1.29, 1.82) is 0 Å². The minimum absolute atomic E-state index is 0.381. The van der Waals surface area contributed by atoms with Gasteiger partial charge in [0.05, 0.1) is 6.10 Å². The van der Waals surface area contributed by atoms with Gasteiger partial charge in [-0.25, -0.2) is 0 Å². The fourth-order valence-electron chi connectivity index (χ4n) is 1.68. The maximum atomic E-state index is 9.89. The van der Waals surface area contributed by atoms with Crippen molar-refractivity contribution in [2.75, 3.05) is 13.1 Å². The molecule has 1 unspecified atom stereocenters. The summed E-state index contributed by atoms with van der Waals surface area (Å²) in [6.45, 7) is 7.85. The highest BCUT2D eigenvalue weighted by molar-refractivity contribution is 6.31. The number of aryl methyl sites for hydroxylation is 1. The second-order valence-electron chi connectivity index (χ2n) is 5.00. The topological polar surface area (TPSA) is 32.3 Å². The van der Waals surface area contributed by atoms with Crippen LogP contribution in [0.2, 0.25) is 5.02 Å². The van der Waals surface area contributed by atoms with Crippen LogP contribution in [-0.2, 0) is 6.42 Å². The number of halogens is 1. The predicted molar refractivity (Wildman–Crippen MR) is 73.6 cm³/mol. The molecule has 2 nitrogen and oxygen atoms in total. The molecule has 1 atom stereocenters. The lowest BCUT2D eigenvalue weighted by Gasteiger charge is -2.14. The Morgan fingerprint density at radius 1 is 1.29 bits per heavy atom. The molecule has 0 bridgehead atoms. The first-order valence-corrected chi connectivity index (χ1v) is 6.50. The molecule has 2 N–H and O–H groups in total. The molecule has 0 heterocycles. The van der Waals surface area contributed by atoms with Gasteiger partial charge in [0.2, 0.25) is 0 Å². The van der Waals surface area contributed by atoms with E-state index in [1.807, 2.05) is 25.1 Å². The van der Waals surface area contributed by atoms with Crippen molar-refractivity contribution in [2.24, 2.45) is 5.92 Å². The molecule has 3 heteroatoms. The third-order valence-electron chi connectivity index (χ3n) is 2.60. The summed E-state index contributed by atoms with van der Waals surface area (Å²) in [7, 11) is 0. The fraction of sp³-hybridized carbons (Fsp3) is 0.571. The summed E-state index contributed by atoms with van der Waals surface area (Å²) in [5.41, 5.74) is 2.15. The molecule has 96 valence electrons. The maximum Gasteiger partial charge on any atom is 0.0705 e. The van der Waals surface area contributed by atoms with Gasteiger partial charge in [0.25, 0.3) is 0 Å². The summed E-state index contributed by atoms with van der Waals surface area (Å²) in [6, 6.07) is 5.95. The van der Waals surface area contributed by atoms with E-state index < -0.39 is 0 Å². The molecule has 0 aliphatic rings. The molecule has 1 aromatic rings. The number of nitrogens with one attached hydrogen (secondary N) is 1.